The maximum absolute atomic E-state index is 5.87. The summed E-state index contributed by atoms with van der Waals surface area (Å²) in [4.78, 5) is 8.64. The highest BCUT2D eigenvalue weighted by molar-refractivity contribution is 5.35. The molecule has 3 heteroatoms. The van der Waals surface area contributed by atoms with Gasteiger partial charge in [0.2, 0.25) is 0 Å². The van der Waals surface area contributed by atoms with E-state index in [0.29, 0.717) is 11.8 Å². The monoisotopic (exact) mass is 268 g/mol. The smallest absolute Gasteiger partial charge is 0.122 e. The minimum Gasteiger partial charge on any atom is -0.493 e. The molecular weight excluding hydrogens is 248 g/mol. The van der Waals surface area contributed by atoms with E-state index < -0.39 is 0 Å². The molecule has 3 rings (SSSR count). The molecule has 0 bridgehead atoms. The van der Waals surface area contributed by atoms with Crippen LogP contribution >= 0.6 is 0 Å². The normalized spacial score (nSPS) is 17.6. The third kappa shape index (κ3) is 2.67. The lowest BCUT2D eigenvalue weighted by Gasteiger charge is -2.25. The molecule has 0 radical (unpaired) electrons. The SMILES string of the molecule is CC(C)c1cncnc1C[C@@H]1COc2ccccc2C1. The van der Waals surface area contributed by atoms with E-state index >= 15 is 0 Å². The minimum atomic E-state index is 0.461. The van der Waals surface area contributed by atoms with Gasteiger partial charge in [0, 0.05) is 17.8 Å². The largest absolute Gasteiger partial charge is 0.493 e. The zero-order valence-corrected chi connectivity index (χ0v) is 12.0. The number of aromatic nitrogens is 2. The molecular formula is C17H20N2O. The molecule has 104 valence electrons. The molecule has 0 saturated carbocycles. The first kappa shape index (κ1) is 13.1. The van der Waals surface area contributed by atoms with Crippen LogP contribution in [-0.4, -0.2) is 16.6 Å². The van der Waals surface area contributed by atoms with E-state index in [4.69, 9.17) is 4.74 Å². The van der Waals surface area contributed by atoms with Crippen molar-refractivity contribution in [3.63, 3.8) is 0 Å². The van der Waals surface area contributed by atoms with E-state index in [9.17, 15) is 0 Å². The Morgan fingerprint density at radius 1 is 1.30 bits per heavy atom. The first-order valence-electron chi connectivity index (χ1n) is 7.23. The molecule has 0 aliphatic carbocycles. The maximum Gasteiger partial charge on any atom is 0.122 e. The lowest BCUT2D eigenvalue weighted by atomic mass is 9.90. The van der Waals surface area contributed by atoms with Gasteiger partial charge in [-0.1, -0.05) is 32.0 Å². The van der Waals surface area contributed by atoms with Crippen LogP contribution in [0.25, 0.3) is 0 Å². The highest BCUT2D eigenvalue weighted by atomic mass is 16.5. The van der Waals surface area contributed by atoms with Crippen molar-refractivity contribution in [1.82, 2.24) is 9.97 Å². The molecule has 1 aromatic carbocycles. The average molecular weight is 268 g/mol. The predicted molar refractivity (Wildman–Crippen MR) is 79.0 cm³/mol. The molecule has 2 heterocycles. The van der Waals surface area contributed by atoms with Crippen molar-refractivity contribution in [2.24, 2.45) is 5.92 Å². The van der Waals surface area contributed by atoms with Gasteiger partial charge in [0.15, 0.2) is 0 Å². The Labute approximate surface area is 120 Å². The Hall–Kier alpha value is -1.90. The molecule has 0 unspecified atom stereocenters. The molecule has 0 amide bonds. The zero-order valence-electron chi connectivity index (χ0n) is 12.0. The number of nitrogens with zero attached hydrogens (tertiary/aromatic N) is 2. The van der Waals surface area contributed by atoms with Crippen molar-refractivity contribution < 1.29 is 4.74 Å². The zero-order chi connectivity index (χ0) is 13.9. The Morgan fingerprint density at radius 3 is 3.00 bits per heavy atom. The molecule has 0 saturated heterocycles. The van der Waals surface area contributed by atoms with Gasteiger partial charge < -0.3 is 4.74 Å². The third-order valence-electron chi connectivity index (χ3n) is 3.89. The fourth-order valence-electron chi connectivity index (χ4n) is 2.81. The van der Waals surface area contributed by atoms with Gasteiger partial charge in [-0.25, -0.2) is 9.97 Å². The van der Waals surface area contributed by atoms with Gasteiger partial charge in [-0.05, 0) is 36.0 Å². The first-order valence-corrected chi connectivity index (χ1v) is 7.23. The van der Waals surface area contributed by atoms with Gasteiger partial charge in [0.25, 0.3) is 0 Å². The fraction of sp³-hybridized carbons (Fsp3) is 0.412. The van der Waals surface area contributed by atoms with Crippen molar-refractivity contribution in [1.29, 1.82) is 0 Å². The number of rotatable bonds is 3. The van der Waals surface area contributed by atoms with Crippen LogP contribution < -0.4 is 4.74 Å². The molecule has 3 nitrogen and oxygen atoms in total. The van der Waals surface area contributed by atoms with Crippen LogP contribution in [0.1, 0.15) is 36.6 Å². The van der Waals surface area contributed by atoms with Crippen LogP contribution in [0.15, 0.2) is 36.8 Å². The summed E-state index contributed by atoms with van der Waals surface area (Å²) in [6.45, 7) is 5.16. The minimum absolute atomic E-state index is 0.461. The predicted octanol–water partition coefficient (Wildman–Crippen LogP) is 3.39. The highest BCUT2D eigenvalue weighted by Crippen LogP contribution is 2.29. The molecule has 1 atom stereocenters. The van der Waals surface area contributed by atoms with Crippen LogP contribution in [-0.2, 0) is 12.8 Å². The summed E-state index contributed by atoms with van der Waals surface area (Å²) in [5, 5.41) is 0. The highest BCUT2D eigenvalue weighted by Gasteiger charge is 2.21. The first-order chi connectivity index (χ1) is 9.74. The van der Waals surface area contributed by atoms with Crippen molar-refractivity contribution in [2.75, 3.05) is 6.61 Å². The van der Waals surface area contributed by atoms with Crippen LogP contribution in [0, 0.1) is 5.92 Å². The van der Waals surface area contributed by atoms with Gasteiger partial charge in [-0.2, -0.15) is 0 Å². The lowest BCUT2D eigenvalue weighted by molar-refractivity contribution is 0.220. The summed E-state index contributed by atoms with van der Waals surface area (Å²) in [6.07, 6.45) is 5.63. The fourth-order valence-corrected chi connectivity index (χ4v) is 2.81. The molecule has 20 heavy (non-hydrogen) atoms. The Balaban J connectivity index is 1.77. The van der Waals surface area contributed by atoms with Crippen molar-refractivity contribution in [2.45, 2.75) is 32.6 Å². The third-order valence-corrected chi connectivity index (χ3v) is 3.89. The Bertz CT molecular complexity index is 595. The summed E-state index contributed by atoms with van der Waals surface area (Å²) in [7, 11) is 0. The molecule has 2 aromatic rings. The van der Waals surface area contributed by atoms with Gasteiger partial charge in [0.1, 0.15) is 12.1 Å². The van der Waals surface area contributed by atoms with Crippen LogP contribution in [0.3, 0.4) is 0 Å². The van der Waals surface area contributed by atoms with Crippen LogP contribution in [0.2, 0.25) is 0 Å². The summed E-state index contributed by atoms with van der Waals surface area (Å²) >= 11 is 0. The van der Waals surface area contributed by atoms with Gasteiger partial charge >= 0.3 is 0 Å². The van der Waals surface area contributed by atoms with Crippen LogP contribution in [0.4, 0.5) is 0 Å². The number of ether oxygens (including phenoxy) is 1. The average Bonchev–Trinajstić information content (AvgIpc) is 2.47. The molecule has 1 aliphatic rings. The summed E-state index contributed by atoms with van der Waals surface area (Å²) in [5.41, 5.74) is 3.73. The van der Waals surface area contributed by atoms with Gasteiger partial charge in [-0.3, -0.25) is 0 Å². The Morgan fingerprint density at radius 2 is 2.15 bits per heavy atom. The Kier molecular flexibility index (Phi) is 3.68. The molecule has 0 N–H and O–H groups in total. The topological polar surface area (TPSA) is 35.0 Å². The van der Waals surface area contributed by atoms with Crippen LogP contribution in [0.5, 0.6) is 5.75 Å². The summed E-state index contributed by atoms with van der Waals surface area (Å²) in [6, 6.07) is 8.32. The lowest BCUT2D eigenvalue weighted by Crippen LogP contribution is -2.23. The van der Waals surface area contributed by atoms with E-state index in [-0.39, 0.29) is 0 Å². The van der Waals surface area contributed by atoms with Gasteiger partial charge in [-0.15, -0.1) is 0 Å². The van der Waals surface area contributed by atoms with E-state index in [1.807, 2.05) is 12.3 Å². The van der Waals surface area contributed by atoms with E-state index in [1.165, 1.54) is 16.8 Å². The second-order valence-electron chi connectivity index (χ2n) is 5.77. The number of hydrogen-bond acceptors (Lipinski definition) is 3. The van der Waals surface area contributed by atoms with Gasteiger partial charge in [0.05, 0.1) is 6.61 Å². The van der Waals surface area contributed by atoms with E-state index in [1.54, 1.807) is 6.33 Å². The number of para-hydroxylation sites is 1. The quantitative estimate of drug-likeness (QED) is 0.856. The molecule has 0 spiro atoms. The van der Waals surface area contributed by atoms with Crippen molar-refractivity contribution in [3.05, 3.63) is 53.6 Å². The second kappa shape index (κ2) is 5.61. The number of benzene rings is 1. The van der Waals surface area contributed by atoms with E-state index in [0.717, 1.165) is 25.2 Å². The summed E-state index contributed by atoms with van der Waals surface area (Å²) in [5.74, 6) is 2.00. The summed E-state index contributed by atoms with van der Waals surface area (Å²) < 4.78 is 5.87. The van der Waals surface area contributed by atoms with Crippen molar-refractivity contribution >= 4 is 0 Å². The second-order valence-corrected chi connectivity index (χ2v) is 5.77. The number of hydrogen-bond donors (Lipinski definition) is 0. The molecule has 0 fully saturated rings. The molecule has 1 aliphatic heterocycles. The van der Waals surface area contributed by atoms with Crippen molar-refractivity contribution in [3.8, 4) is 5.75 Å². The maximum atomic E-state index is 5.87. The van der Waals surface area contributed by atoms with E-state index in [2.05, 4.69) is 42.0 Å². The number of fused-ring (bicyclic) bond motifs is 1. The molecule has 1 aromatic heterocycles. The standard InChI is InChI=1S/C17H20N2O/c1-12(2)15-9-18-11-19-16(15)8-13-7-14-5-3-4-6-17(14)20-10-13/h3-6,9,11-13H,7-8,10H2,1-2H3/t13-/m1/s1.